The quantitative estimate of drug-likeness (QED) is 0.838. The number of benzene rings is 1. The Balaban J connectivity index is 1.71. The summed E-state index contributed by atoms with van der Waals surface area (Å²) in [5.74, 6) is 3.29. The van der Waals surface area contributed by atoms with Gasteiger partial charge < -0.3 is 14.8 Å². The molecule has 1 saturated carbocycles. The van der Waals surface area contributed by atoms with Crippen LogP contribution in [0.4, 0.5) is 0 Å². The van der Waals surface area contributed by atoms with Crippen LogP contribution in [-0.4, -0.2) is 26.3 Å². The molecule has 2 atom stereocenters. The average Bonchev–Trinajstić information content (AvgIpc) is 2.84. The van der Waals surface area contributed by atoms with Crippen LogP contribution in [0.15, 0.2) is 18.2 Å². The second kappa shape index (κ2) is 7.17. The molecule has 0 bridgehead atoms. The fraction of sp³-hybridized carbons (Fsp3) is 0.667. The van der Waals surface area contributed by atoms with Gasteiger partial charge in [0.1, 0.15) is 0 Å². The molecule has 1 aliphatic heterocycles. The van der Waals surface area contributed by atoms with Crippen molar-refractivity contribution in [1.82, 2.24) is 5.32 Å². The molecule has 2 aliphatic rings. The Kier molecular flexibility index (Phi) is 5.02. The summed E-state index contributed by atoms with van der Waals surface area (Å²) in [6, 6.07) is 6.57. The van der Waals surface area contributed by atoms with E-state index in [2.05, 4.69) is 30.4 Å². The van der Waals surface area contributed by atoms with Gasteiger partial charge in [-0.1, -0.05) is 19.4 Å². The van der Waals surface area contributed by atoms with Crippen LogP contribution in [-0.2, 0) is 0 Å². The Morgan fingerprint density at radius 2 is 1.95 bits per heavy atom. The van der Waals surface area contributed by atoms with Gasteiger partial charge in [0.2, 0.25) is 0 Å². The molecular formula is C18H27NO2. The standard InChI is InChI=1S/C18H27NO2/c1-2-9-19-13-15-5-3-6-16(15)14-7-8-17-18(12-14)21-11-4-10-20-17/h7-8,12,15-16,19H,2-6,9-11,13H2,1H3. The number of rotatable bonds is 5. The van der Waals surface area contributed by atoms with Crippen LogP contribution in [0.5, 0.6) is 11.5 Å². The summed E-state index contributed by atoms with van der Waals surface area (Å²) in [6.45, 7) is 6.03. The molecule has 1 N–H and O–H groups in total. The van der Waals surface area contributed by atoms with Crippen molar-refractivity contribution >= 4 is 0 Å². The lowest BCUT2D eigenvalue weighted by atomic mass is 9.88. The maximum absolute atomic E-state index is 5.84. The summed E-state index contributed by atoms with van der Waals surface area (Å²) in [5, 5.41) is 3.59. The van der Waals surface area contributed by atoms with Crippen molar-refractivity contribution in [3.05, 3.63) is 23.8 Å². The van der Waals surface area contributed by atoms with Crippen LogP contribution in [0.1, 0.15) is 50.5 Å². The summed E-state index contributed by atoms with van der Waals surface area (Å²) >= 11 is 0. The molecule has 3 heteroatoms. The topological polar surface area (TPSA) is 30.5 Å². The molecule has 116 valence electrons. The predicted molar refractivity (Wildman–Crippen MR) is 85.3 cm³/mol. The van der Waals surface area contributed by atoms with E-state index in [1.807, 2.05) is 0 Å². The molecule has 1 fully saturated rings. The molecule has 1 aromatic carbocycles. The van der Waals surface area contributed by atoms with Gasteiger partial charge in [-0.15, -0.1) is 0 Å². The lowest BCUT2D eigenvalue weighted by Gasteiger charge is -2.21. The Bertz CT molecular complexity index is 461. The molecule has 1 aliphatic carbocycles. The van der Waals surface area contributed by atoms with Crippen LogP contribution in [0.3, 0.4) is 0 Å². The van der Waals surface area contributed by atoms with Gasteiger partial charge in [-0.3, -0.25) is 0 Å². The van der Waals surface area contributed by atoms with Crippen molar-refractivity contribution in [3.63, 3.8) is 0 Å². The second-order valence-electron chi connectivity index (χ2n) is 6.26. The largest absolute Gasteiger partial charge is 0.490 e. The van der Waals surface area contributed by atoms with E-state index in [-0.39, 0.29) is 0 Å². The van der Waals surface area contributed by atoms with Crippen LogP contribution < -0.4 is 14.8 Å². The highest BCUT2D eigenvalue weighted by molar-refractivity contribution is 5.44. The first-order chi connectivity index (χ1) is 10.4. The van der Waals surface area contributed by atoms with Crippen LogP contribution in [0, 0.1) is 5.92 Å². The van der Waals surface area contributed by atoms with Crippen molar-refractivity contribution in [2.45, 2.75) is 44.9 Å². The normalized spacial score (nSPS) is 24.8. The van der Waals surface area contributed by atoms with Gasteiger partial charge >= 0.3 is 0 Å². The zero-order valence-electron chi connectivity index (χ0n) is 13.1. The summed E-state index contributed by atoms with van der Waals surface area (Å²) in [5.41, 5.74) is 1.43. The third-order valence-electron chi connectivity index (χ3n) is 4.69. The van der Waals surface area contributed by atoms with E-state index in [1.165, 1.54) is 31.2 Å². The minimum atomic E-state index is 0.673. The molecule has 3 rings (SSSR count). The van der Waals surface area contributed by atoms with Gasteiger partial charge in [-0.25, -0.2) is 0 Å². The minimum absolute atomic E-state index is 0.673. The summed E-state index contributed by atoms with van der Waals surface area (Å²) in [7, 11) is 0. The minimum Gasteiger partial charge on any atom is -0.490 e. The van der Waals surface area contributed by atoms with Crippen LogP contribution in [0.25, 0.3) is 0 Å². The fourth-order valence-electron chi connectivity index (χ4n) is 3.59. The molecule has 2 unspecified atom stereocenters. The molecule has 0 saturated heterocycles. The molecule has 21 heavy (non-hydrogen) atoms. The van der Waals surface area contributed by atoms with Gasteiger partial charge in [0.05, 0.1) is 13.2 Å². The Morgan fingerprint density at radius 3 is 2.81 bits per heavy atom. The maximum atomic E-state index is 5.84. The maximum Gasteiger partial charge on any atom is 0.161 e. The lowest BCUT2D eigenvalue weighted by Crippen LogP contribution is -2.25. The summed E-state index contributed by atoms with van der Waals surface area (Å²) in [6.07, 6.45) is 6.17. The Labute approximate surface area is 128 Å². The third-order valence-corrected chi connectivity index (χ3v) is 4.69. The van der Waals surface area contributed by atoms with Crippen molar-refractivity contribution < 1.29 is 9.47 Å². The number of hydrogen-bond acceptors (Lipinski definition) is 3. The first-order valence-corrected chi connectivity index (χ1v) is 8.48. The highest BCUT2D eigenvalue weighted by atomic mass is 16.5. The molecule has 0 spiro atoms. The average molecular weight is 289 g/mol. The number of hydrogen-bond donors (Lipinski definition) is 1. The monoisotopic (exact) mass is 289 g/mol. The lowest BCUT2D eigenvalue weighted by molar-refractivity contribution is 0.297. The number of nitrogens with one attached hydrogen (secondary N) is 1. The van der Waals surface area contributed by atoms with Crippen molar-refractivity contribution in [2.75, 3.05) is 26.3 Å². The van der Waals surface area contributed by atoms with Crippen LogP contribution >= 0.6 is 0 Å². The van der Waals surface area contributed by atoms with E-state index in [0.717, 1.165) is 50.1 Å². The van der Waals surface area contributed by atoms with Crippen LogP contribution in [0.2, 0.25) is 0 Å². The molecule has 1 aromatic rings. The van der Waals surface area contributed by atoms with Crippen molar-refractivity contribution in [1.29, 1.82) is 0 Å². The predicted octanol–water partition coefficient (Wildman–Crippen LogP) is 3.73. The van der Waals surface area contributed by atoms with Crippen molar-refractivity contribution in [3.8, 4) is 11.5 Å². The van der Waals surface area contributed by atoms with E-state index in [0.29, 0.717) is 5.92 Å². The SMILES string of the molecule is CCCNCC1CCCC1c1ccc2c(c1)OCCCO2. The second-order valence-corrected chi connectivity index (χ2v) is 6.26. The van der Waals surface area contributed by atoms with E-state index >= 15 is 0 Å². The molecular weight excluding hydrogens is 262 g/mol. The number of ether oxygens (including phenoxy) is 2. The molecule has 3 nitrogen and oxygen atoms in total. The fourth-order valence-corrected chi connectivity index (χ4v) is 3.59. The molecule has 0 radical (unpaired) electrons. The third kappa shape index (κ3) is 3.52. The zero-order chi connectivity index (χ0) is 14.5. The van der Waals surface area contributed by atoms with Gasteiger partial charge in [0.25, 0.3) is 0 Å². The molecule has 1 heterocycles. The highest BCUT2D eigenvalue weighted by Crippen LogP contribution is 2.42. The van der Waals surface area contributed by atoms with E-state index < -0.39 is 0 Å². The smallest absolute Gasteiger partial charge is 0.161 e. The number of fused-ring (bicyclic) bond motifs is 1. The molecule has 0 amide bonds. The molecule has 0 aromatic heterocycles. The van der Waals surface area contributed by atoms with E-state index in [9.17, 15) is 0 Å². The van der Waals surface area contributed by atoms with Gasteiger partial charge in [-0.05, 0) is 61.9 Å². The summed E-state index contributed by atoms with van der Waals surface area (Å²) < 4.78 is 11.6. The first kappa shape index (κ1) is 14.7. The summed E-state index contributed by atoms with van der Waals surface area (Å²) in [4.78, 5) is 0. The highest BCUT2D eigenvalue weighted by Gasteiger charge is 2.29. The van der Waals surface area contributed by atoms with Gasteiger partial charge in [-0.2, -0.15) is 0 Å². The van der Waals surface area contributed by atoms with E-state index in [1.54, 1.807) is 0 Å². The Hall–Kier alpha value is -1.22. The van der Waals surface area contributed by atoms with Gasteiger partial charge in [0, 0.05) is 6.42 Å². The van der Waals surface area contributed by atoms with Gasteiger partial charge in [0.15, 0.2) is 11.5 Å². The zero-order valence-corrected chi connectivity index (χ0v) is 13.1. The first-order valence-electron chi connectivity index (χ1n) is 8.48. The van der Waals surface area contributed by atoms with Crippen molar-refractivity contribution in [2.24, 2.45) is 5.92 Å². The Morgan fingerprint density at radius 1 is 1.10 bits per heavy atom. The van der Waals surface area contributed by atoms with E-state index in [4.69, 9.17) is 9.47 Å².